The van der Waals surface area contributed by atoms with Gasteiger partial charge < -0.3 is 19.9 Å². The number of ether oxygens (including phenoxy) is 2. The number of phenols is 1. The fourth-order valence-electron chi connectivity index (χ4n) is 1.83. The van der Waals surface area contributed by atoms with Crippen molar-refractivity contribution in [2.45, 2.75) is 58.8 Å². The molecule has 0 radical (unpaired) electrons. The van der Waals surface area contributed by atoms with Crippen molar-refractivity contribution in [3.05, 3.63) is 29.8 Å². The molecule has 1 unspecified atom stereocenters. The molecule has 1 aromatic rings. The van der Waals surface area contributed by atoms with Crippen molar-refractivity contribution < 1.29 is 24.2 Å². The first-order valence-corrected chi connectivity index (χ1v) is 7.55. The molecule has 0 fully saturated rings. The summed E-state index contributed by atoms with van der Waals surface area (Å²) in [7, 11) is 0. The van der Waals surface area contributed by atoms with Crippen LogP contribution in [-0.2, 0) is 20.7 Å². The predicted octanol–water partition coefficient (Wildman–Crippen LogP) is 2.78. The van der Waals surface area contributed by atoms with E-state index in [1.165, 1.54) is 12.1 Å². The third-order valence-electron chi connectivity index (χ3n) is 2.70. The Morgan fingerprint density at radius 2 is 1.74 bits per heavy atom. The van der Waals surface area contributed by atoms with Crippen LogP contribution < -0.4 is 5.32 Å². The van der Waals surface area contributed by atoms with Crippen molar-refractivity contribution >= 4 is 12.1 Å². The first kappa shape index (κ1) is 18.8. The molecule has 0 aliphatic carbocycles. The van der Waals surface area contributed by atoms with E-state index in [2.05, 4.69) is 5.32 Å². The van der Waals surface area contributed by atoms with Crippen LogP contribution in [0, 0.1) is 0 Å². The molecule has 0 spiro atoms. The van der Waals surface area contributed by atoms with Gasteiger partial charge in [0.25, 0.3) is 0 Å². The Balaban J connectivity index is 2.82. The summed E-state index contributed by atoms with van der Waals surface area (Å²) in [6.07, 6.45) is -0.724. The van der Waals surface area contributed by atoms with E-state index in [4.69, 9.17) is 9.47 Å². The van der Waals surface area contributed by atoms with E-state index in [1.54, 1.807) is 46.8 Å². The fourth-order valence-corrected chi connectivity index (χ4v) is 1.83. The van der Waals surface area contributed by atoms with E-state index in [9.17, 15) is 14.7 Å². The maximum atomic E-state index is 12.2. The van der Waals surface area contributed by atoms with Gasteiger partial charge in [-0.3, -0.25) is 0 Å². The topological polar surface area (TPSA) is 84.9 Å². The van der Waals surface area contributed by atoms with Gasteiger partial charge in [0.1, 0.15) is 17.4 Å². The van der Waals surface area contributed by atoms with Crippen molar-refractivity contribution in [1.82, 2.24) is 5.32 Å². The fraction of sp³-hybridized carbons (Fsp3) is 0.529. The number of carbonyl (C=O) groups excluding carboxylic acids is 2. The van der Waals surface area contributed by atoms with E-state index >= 15 is 0 Å². The molecule has 23 heavy (non-hydrogen) atoms. The number of alkyl carbamates (subject to hydrolysis) is 1. The van der Waals surface area contributed by atoms with Crippen molar-refractivity contribution in [1.29, 1.82) is 0 Å². The number of hydrogen-bond acceptors (Lipinski definition) is 5. The molecule has 6 heteroatoms. The SMILES string of the molecule is CC(C)OC(=O)C(Cc1ccc(O)cc1)NC(=O)OC(C)(C)C. The van der Waals surface area contributed by atoms with Gasteiger partial charge in [-0.2, -0.15) is 0 Å². The zero-order valence-electron chi connectivity index (χ0n) is 14.3. The molecule has 1 aromatic carbocycles. The van der Waals surface area contributed by atoms with Crippen LogP contribution in [0.4, 0.5) is 4.79 Å². The third kappa shape index (κ3) is 7.54. The van der Waals surface area contributed by atoms with Crippen LogP contribution >= 0.6 is 0 Å². The van der Waals surface area contributed by atoms with Crippen LogP contribution in [0.5, 0.6) is 5.75 Å². The molecule has 128 valence electrons. The Hall–Kier alpha value is -2.24. The molecule has 0 saturated heterocycles. The lowest BCUT2D eigenvalue weighted by Gasteiger charge is -2.23. The lowest BCUT2D eigenvalue weighted by atomic mass is 10.1. The summed E-state index contributed by atoms with van der Waals surface area (Å²) in [5, 5.41) is 11.9. The van der Waals surface area contributed by atoms with Crippen LogP contribution in [0.15, 0.2) is 24.3 Å². The smallest absolute Gasteiger partial charge is 0.408 e. The van der Waals surface area contributed by atoms with Crippen molar-refractivity contribution in [3.8, 4) is 5.75 Å². The molecule has 0 saturated carbocycles. The van der Waals surface area contributed by atoms with Gasteiger partial charge in [-0.15, -0.1) is 0 Å². The second-order valence-corrected chi connectivity index (χ2v) is 6.56. The van der Waals surface area contributed by atoms with Gasteiger partial charge in [0.05, 0.1) is 6.10 Å². The summed E-state index contributed by atoms with van der Waals surface area (Å²) in [5.74, 6) is -0.394. The summed E-state index contributed by atoms with van der Waals surface area (Å²) in [4.78, 5) is 24.1. The quantitative estimate of drug-likeness (QED) is 0.814. The molecular weight excluding hydrogens is 298 g/mol. The van der Waals surface area contributed by atoms with E-state index in [1.807, 2.05) is 0 Å². The minimum absolute atomic E-state index is 0.134. The summed E-state index contributed by atoms with van der Waals surface area (Å²) < 4.78 is 10.4. The number of aromatic hydroxyl groups is 1. The zero-order chi connectivity index (χ0) is 17.6. The second-order valence-electron chi connectivity index (χ2n) is 6.56. The highest BCUT2D eigenvalue weighted by Crippen LogP contribution is 2.13. The summed E-state index contributed by atoms with van der Waals surface area (Å²) in [6, 6.07) is 5.54. The normalized spacial score (nSPS) is 12.6. The Bertz CT molecular complexity index is 531. The number of esters is 1. The molecule has 0 aromatic heterocycles. The number of amides is 1. The second kappa shape index (κ2) is 7.85. The molecule has 6 nitrogen and oxygen atoms in total. The minimum Gasteiger partial charge on any atom is -0.508 e. The number of nitrogens with one attached hydrogen (secondary N) is 1. The van der Waals surface area contributed by atoms with Crippen molar-refractivity contribution in [2.75, 3.05) is 0 Å². The Labute approximate surface area is 136 Å². The number of hydrogen-bond donors (Lipinski definition) is 2. The average Bonchev–Trinajstić information content (AvgIpc) is 2.37. The lowest BCUT2D eigenvalue weighted by Crippen LogP contribution is -2.46. The molecule has 0 aliphatic heterocycles. The average molecular weight is 323 g/mol. The number of phenolic OH excluding ortho intramolecular Hbond substituents is 1. The maximum Gasteiger partial charge on any atom is 0.408 e. The molecule has 1 rings (SSSR count). The Kier molecular flexibility index (Phi) is 6.42. The maximum absolute atomic E-state index is 12.2. The van der Waals surface area contributed by atoms with Gasteiger partial charge in [0.2, 0.25) is 0 Å². The summed E-state index contributed by atoms with van der Waals surface area (Å²) in [6.45, 7) is 8.71. The summed E-state index contributed by atoms with van der Waals surface area (Å²) >= 11 is 0. The first-order valence-electron chi connectivity index (χ1n) is 7.55. The standard InChI is InChI=1S/C17H25NO5/c1-11(2)22-15(20)14(18-16(21)23-17(3,4)5)10-12-6-8-13(19)9-7-12/h6-9,11,14,19H,10H2,1-5H3,(H,18,21). The van der Waals surface area contributed by atoms with Gasteiger partial charge in [0, 0.05) is 6.42 Å². The van der Waals surface area contributed by atoms with Gasteiger partial charge in [-0.25, -0.2) is 9.59 Å². The largest absolute Gasteiger partial charge is 0.508 e. The Morgan fingerprint density at radius 3 is 2.22 bits per heavy atom. The van der Waals surface area contributed by atoms with Gasteiger partial charge in [-0.05, 0) is 52.3 Å². The van der Waals surface area contributed by atoms with Crippen LogP contribution in [0.3, 0.4) is 0 Å². The molecule has 1 amide bonds. The van der Waals surface area contributed by atoms with E-state index < -0.39 is 23.7 Å². The molecule has 0 bridgehead atoms. The van der Waals surface area contributed by atoms with E-state index in [-0.39, 0.29) is 18.3 Å². The highest BCUT2D eigenvalue weighted by Gasteiger charge is 2.26. The van der Waals surface area contributed by atoms with E-state index in [0.717, 1.165) is 5.56 Å². The minimum atomic E-state index is -0.864. The van der Waals surface area contributed by atoms with Crippen molar-refractivity contribution in [2.24, 2.45) is 0 Å². The highest BCUT2D eigenvalue weighted by atomic mass is 16.6. The van der Waals surface area contributed by atoms with Gasteiger partial charge in [-0.1, -0.05) is 12.1 Å². The molecule has 2 N–H and O–H groups in total. The molecule has 1 atom stereocenters. The summed E-state index contributed by atoms with van der Waals surface area (Å²) in [5.41, 5.74) is 0.124. The van der Waals surface area contributed by atoms with Gasteiger partial charge >= 0.3 is 12.1 Å². The van der Waals surface area contributed by atoms with Crippen LogP contribution in [0.1, 0.15) is 40.2 Å². The Morgan fingerprint density at radius 1 is 1.17 bits per heavy atom. The molecule has 0 heterocycles. The predicted molar refractivity (Wildman–Crippen MR) is 86.2 cm³/mol. The number of benzene rings is 1. The monoisotopic (exact) mass is 323 g/mol. The van der Waals surface area contributed by atoms with Gasteiger partial charge in [0.15, 0.2) is 0 Å². The van der Waals surface area contributed by atoms with Crippen LogP contribution in [0.2, 0.25) is 0 Å². The third-order valence-corrected chi connectivity index (χ3v) is 2.70. The zero-order valence-corrected chi connectivity index (χ0v) is 14.3. The van der Waals surface area contributed by atoms with Crippen LogP contribution in [-0.4, -0.2) is 34.9 Å². The lowest BCUT2D eigenvalue weighted by molar-refractivity contribution is -0.149. The number of rotatable bonds is 5. The van der Waals surface area contributed by atoms with Crippen LogP contribution in [0.25, 0.3) is 0 Å². The molecule has 0 aliphatic rings. The molecular formula is C17H25NO5. The van der Waals surface area contributed by atoms with E-state index in [0.29, 0.717) is 0 Å². The number of carbonyl (C=O) groups is 2. The highest BCUT2D eigenvalue weighted by molar-refractivity contribution is 5.81. The van der Waals surface area contributed by atoms with Crippen molar-refractivity contribution in [3.63, 3.8) is 0 Å². The first-order chi connectivity index (χ1) is 10.6.